The molecular weight excluding hydrogens is 118 g/mol. The van der Waals surface area contributed by atoms with Crippen molar-refractivity contribution in [2.24, 2.45) is 0 Å². The van der Waals surface area contributed by atoms with E-state index in [4.69, 9.17) is 0 Å². The maximum Gasteiger partial charge on any atom is 1.00 e. The summed E-state index contributed by atoms with van der Waals surface area (Å²) in [6.07, 6.45) is 0. The maximum atomic E-state index is 10.0. The molecule has 0 aliphatic carbocycles. The molecule has 9 heavy (non-hydrogen) atoms. The standard InChI is InChI=1S/C6H5NO2/c8-7(9)6-4-2-1-3-5-6/h1-5H/p+1. The first-order valence-corrected chi connectivity index (χ1v) is 2.50. The lowest BCUT2D eigenvalue weighted by Crippen LogP contribution is -1.84. The SMILES string of the molecule is O=[N+]([O-])c1ccccc1.[H+]. The lowest BCUT2D eigenvalue weighted by molar-refractivity contribution is -0.384. The van der Waals surface area contributed by atoms with Crippen molar-refractivity contribution in [1.82, 2.24) is 0 Å². The highest BCUT2D eigenvalue weighted by molar-refractivity contribution is 5.27. The van der Waals surface area contributed by atoms with E-state index in [0.717, 1.165) is 0 Å². The Balaban J connectivity index is 0.000000810. The van der Waals surface area contributed by atoms with Gasteiger partial charge in [0.2, 0.25) is 0 Å². The smallest absolute Gasteiger partial charge is 0.258 e. The van der Waals surface area contributed by atoms with Crippen molar-refractivity contribution < 1.29 is 6.35 Å². The summed E-state index contributed by atoms with van der Waals surface area (Å²) in [5.74, 6) is 0. The summed E-state index contributed by atoms with van der Waals surface area (Å²) >= 11 is 0. The van der Waals surface area contributed by atoms with E-state index < -0.39 is 4.92 Å². The fourth-order valence-electron chi connectivity index (χ4n) is 0.550. The molecule has 0 saturated heterocycles. The maximum absolute atomic E-state index is 10.0. The second kappa shape index (κ2) is 2.26. The Labute approximate surface area is 53.6 Å². The molecule has 3 heteroatoms. The summed E-state index contributed by atoms with van der Waals surface area (Å²) in [4.78, 5) is 9.59. The predicted molar refractivity (Wildman–Crippen MR) is 34.2 cm³/mol. The van der Waals surface area contributed by atoms with Gasteiger partial charge in [0.15, 0.2) is 0 Å². The first-order chi connectivity index (χ1) is 4.30. The molecule has 0 saturated carbocycles. The van der Waals surface area contributed by atoms with Crippen molar-refractivity contribution >= 4 is 5.69 Å². The van der Waals surface area contributed by atoms with Crippen LogP contribution in [0.2, 0.25) is 0 Å². The average Bonchev–Trinajstić information content (AvgIpc) is 1.90. The number of nitro benzene ring substituents is 1. The zero-order valence-electron chi connectivity index (χ0n) is 5.65. The minimum absolute atomic E-state index is 0. The third kappa shape index (κ3) is 1.25. The minimum atomic E-state index is -0.417. The van der Waals surface area contributed by atoms with Gasteiger partial charge in [0.1, 0.15) is 0 Å². The molecule has 3 nitrogen and oxygen atoms in total. The van der Waals surface area contributed by atoms with E-state index in [1.54, 1.807) is 18.2 Å². The molecule has 0 fully saturated rings. The van der Waals surface area contributed by atoms with Crippen LogP contribution in [0.15, 0.2) is 30.3 Å². The zero-order chi connectivity index (χ0) is 6.69. The fraction of sp³-hybridized carbons (Fsp3) is 0. The molecule has 1 aromatic carbocycles. The number of rotatable bonds is 1. The van der Waals surface area contributed by atoms with Crippen molar-refractivity contribution in [3.05, 3.63) is 40.4 Å². The molecule has 0 unspecified atom stereocenters. The van der Waals surface area contributed by atoms with Gasteiger partial charge in [0, 0.05) is 12.1 Å². The lowest BCUT2D eigenvalue weighted by atomic mass is 10.3. The predicted octanol–water partition coefficient (Wildman–Crippen LogP) is 1.71. The van der Waals surface area contributed by atoms with Crippen LogP contribution in [-0.4, -0.2) is 4.92 Å². The normalized spacial score (nSPS) is 8.89. The van der Waals surface area contributed by atoms with Crippen LogP contribution in [0.5, 0.6) is 0 Å². The Bertz CT molecular complexity index is 212. The molecule has 1 aromatic rings. The molecule has 0 heterocycles. The second-order valence-corrected chi connectivity index (χ2v) is 1.59. The van der Waals surface area contributed by atoms with Gasteiger partial charge in [-0.15, -0.1) is 0 Å². The van der Waals surface area contributed by atoms with E-state index in [-0.39, 0.29) is 7.11 Å². The summed E-state index contributed by atoms with van der Waals surface area (Å²) in [7, 11) is 0. The number of benzene rings is 1. The first-order valence-electron chi connectivity index (χ1n) is 2.50. The Morgan fingerprint density at radius 1 is 1.33 bits per heavy atom. The van der Waals surface area contributed by atoms with E-state index in [0.29, 0.717) is 0 Å². The Morgan fingerprint density at radius 3 is 2.22 bits per heavy atom. The molecule has 0 bridgehead atoms. The lowest BCUT2D eigenvalue weighted by Gasteiger charge is -1.85. The van der Waals surface area contributed by atoms with Gasteiger partial charge in [0.05, 0.1) is 4.92 Å². The van der Waals surface area contributed by atoms with Crippen LogP contribution in [0, 0.1) is 10.1 Å². The average molecular weight is 124 g/mol. The molecule has 0 amide bonds. The monoisotopic (exact) mass is 124 g/mol. The van der Waals surface area contributed by atoms with Crippen LogP contribution in [0.3, 0.4) is 0 Å². The number of non-ortho nitro benzene ring substituents is 1. The number of hydrogen-bond acceptors (Lipinski definition) is 2. The largest absolute Gasteiger partial charge is 1.00 e. The number of hydrogen-bond donors (Lipinski definition) is 0. The van der Waals surface area contributed by atoms with Crippen molar-refractivity contribution in [1.29, 1.82) is 0 Å². The van der Waals surface area contributed by atoms with E-state index in [2.05, 4.69) is 0 Å². The third-order valence-electron chi connectivity index (χ3n) is 0.967. The highest BCUT2D eigenvalue weighted by atomic mass is 16.6. The molecule has 0 atom stereocenters. The molecule has 0 N–H and O–H groups in total. The van der Waals surface area contributed by atoms with Gasteiger partial charge in [-0.3, -0.25) is 10.1 Å². The summed E-state index contributed by atoms with van der Waals surface area (Å²) < 4.78 is 0. The van der Waals surface area contributed by atoms with Crippen molar-refractivity contribution in [3.8, 4) is 0 Å². The Kier molecular flexibility index (Phi) is 1.44. The van der Waals surface area contributed by atoms with Crippen LogP contribution in [0.1, 0.15) is 1.43 Å². The van der Waals surface area contributed by atoms with E-state index in [1.807, 2.05) is 0 Å². The first kappa shape index (κ1) is 5.75. The van der Waals surface area contributed by atoms with E-state index in [1.165, 1.54) is 12.1 Å². The van der Waals surface area contributed by atoms with Crippen LogP contribution < -0.4 is 0 Å². The third-order valence-corrected chi connectivity index (χ3v) is 0.967. The quantitative estimate of drug-likeness (QED) is 0.422. The van der Waals surface area contributed by atoms with Crippen LogP contribution in [0.4, 0.5) is 5.69 Å². The number of para-hydroxylation sites is 1. The van der Waals surface area contributed by atoms with Crippen molar-refractivity contribution in [3.63, 3.8) is 0 Å². The summed E-state index contributed by atoms with van der Waals surface area (Å²) in [5.41, 5.74) is 0.137. The van der Waals surface area contributed by atoms with Gasteiger partial charge in [-0.2, -0.15) is 0 Å². The Hall–Kier alpha value is -1.38. The molecule has 0 aliphatic rings. The summed E-state index contributed by atoms with van der Waals surface area (Å²) in [6, 6.07) is 7.93. The van der Waals surface area contributed by atoms with Crippen LogP contribution in [-0.2, 0) is 0 Å². The van der Waals surface area contributed by atoms with E-state index >= 15 is 0 Å². The topological polar surface area (TPSA) is 43.1 Å². The van der Waals surface area contributed by atoms with Gasteiger partial charge in [-0.25, -0.2) is 0 Å². The fourth-order valence-corrected chi connectivity index (χ4v) is 0.550. The zero-order valence-corrected chi connectivity index (χ0v) is 4.65. The number of nitro groups is 1. The van der Waals surface area contributed by atoms with Crippen molar-refractivity contribution in [2.75, 3.05) is 0 Å². The molecule has 0 aromatic heterocycles. The summed E-state index contributed by atoms with van der Waals surface area (Å²) in [6.45, 7) is 0. The molecule has 1 rings (SSSR count). The molecule has 0 radical (unpaired) electrons. The second-order valence-electron chi connectivity index (χ2n) is 1.59. The Morgan fingerprint density at radius 2 is 1.89 bits per heavy atom. The van der Waals surface area contributed by atoms with Crippen LogP contribution in [0.25, 0.3) is 0 Å². The van der Waals surface area contributed by atoms with Gasteiger partial charge >= 0.3 is 1.43 Å². The van der Waals surface area contributed by atoms with Crippen LogP contribution >= 0.6 is 0 Å². The molecule has 0 aliphatic heterocycles. The van der Waals surface area contributed by atoms with Gasteiger partial charge in [-0.1, -0.05) is 18.2 Å². The molecular formula is C6H6NO2+. The van der Waals surface area contributed by atoms with Gasteiger partial charge < -0.3 is 0 Å². The van der Waals surface area contributed by atoms with E-state index in [9.17, 15) is 10.1 Å². The highest BCUT2D eigenvalue weighted by Crippen LogP contribution is 2.06. The molecule has 46 valence electrons. The van der Waals surface area contributed by atoms with Gasteiger partial charge in [-0.05, 0) is 0 Å². The molecule has 0 spiro atoms. The van der Waals surface area contributed by atoms with Gasteiger partial charge in [0.25, 0.3) is 5.69 Å². The van der Waals surface area contributed by atoms with Crippen molar-refractivity contribution in [2.45, 2.75) is 0 Å². The number of nitrogens with zero attached hydrogens (tertiary/aromatic N) is 1. The highest BCUT2D eigenvalue weighted by Gasteiger charge is 1.98. The summed E-state index contributed by atoms with van der Waals surface area (Å²) in [5, 5.41) is 10.0. The minimum Gasteiger partial charge on any atom is -0.258 e.